The topological polar surface area (TPSA) is 106 Å². The van der Waals surface area contributed by atoms with Crippen molar-refractivity contribution in [1.29, 1.82) is 0 Å². The van der Waals surface area contributed by atoms with Gasteiger partial charge in [0.25, 0.3) is 10.0 Å². The van der Waals surface area contributed by atoms with Crippen molar-refractivity contribution in [1.82, 2.24) is 4.72 Å². The summed E-state index contributed by atoms with van der Waals surface area (Å²) >= 11 is 1.12. The number of benzene rings is 2. The number of anilines is 2. The predicted molar refractivity (Wildman–Crippen MR) is 148 cm³/mol. The summed E-state index contributed by atoms with van der Waals surface area (Å²) in [6, 6.07) is 6.66. The number of ether oxygens (including phenoxy) is 2. The van der Waals surface area contributed by atoms with Crippen molar-refractivity contribution in [2.75, 3.05) is 37.3 Å². The number of nitrogens with one attached hydrogen (secondary N) is 3. The molecule has 1 aromatic heterocycles. The van der Waals surface area contributed by atoms with Gasteiger partial charge in [-0.05, 0) is 29.9 Å². The maximum Gasteiger partial charge on any atom is 0.393 e. The van der Waals surface area contributed by atoms with Crippen LogP contribution in [0.2, 0.25) is 0 Å². The molecule has 0 bridgehead atoms. The molecule has 2 aromatic carbocycles. The summed E-state index contributed by atoms with van der Waals surface area (Å²) in [6.07, 6.45) is -4.13. The summed E-state index contributed by atoms with van der Waals surface area (Å²) in [5, 5.41) is 6.51. The number of rotatable bonds is 9. The molecule has 1 fully saturated rings. The van der Waals surface area contributed by atoms with E-state index in [2.05, 4.69) is 22.5 Å². The van der Waals surface area contributed by atoms with Crippen LogP contribution in [0.25, 0.3) is 10.1 Å². The van der Waals surface area contributed by atoms with Gasteiger partial charge in [-0.25, -0.2) is 21.9 Å². The first kappa shape index (κ1) is 31.3. The normalized spacial score (nSPS) is 14.2. The lowest BCUT2D eigenvalue weighted by Crippen LogP contribution is -2.29. The minimum Gasteiger partial charge on any atom is -0.461 e. The third-order valence-electron chi connectivity index (χ3n) is 6.16. The highest BCUT2D eigenvalue weighted by Gasteiger charge is 2.31. The number of hydrogen-bond acceptors (Lipinski definition) is 8. The standard InChI is InChI=1S/C27H26F5N3O5S2/c1-16(36)35-42(37,38)25-13-23(40-15-28)22(12-20(25)29)33-9-3-6-24-19(14-27(30,31)32)18-4-2-5-21(26(18)41-24)34-17-7-10-39-11-8-17/h2,4-5,12-13,17,33-34H,7-11,14-15H2,1H3,(H,35,36). The molecule has 226 valence electrons. The smallest absolute Gasteiger partial charge is 0.393 e. The second-order valence-electron chi connectivity index (χ2n) is 9.26. The summed E-state index contributed by atoms with van der Waals surface area (Å²) < 4.78 is 105. The van der Waals surface area contributed by atoms with Crippen LogP contribution in [0, 0.1) is 17.7 Å². The number of carbonyl (C=O) groups excluding carboxylic acids is 1. The molecule has 0 radical (unpaired) electrons. The van der Waals surface area contributed by atoms with E-state index in [9.17, 15) is 35.2 Å². The van der Waals surface area contributed by atoms with Crippen LogP contribution < -0.4 is 20.1 Å². The van der Waals surface area contributed by atoms with E-state index in [4.69, 9.17) is 9.47 Å². The fraction of sp³-hybridized carbons (Fsp3) is 0.370. The first-order valence-corrected chi connectivity index (χ1v) is 14.9. The van der Waals surface area contributed by atoms with Crippen LogP contribution in [0.1, 0.15) is 30.2 Å². The van der Waals surface area contributed by atoms with Crippen molar-refractivity contribution in [3.8, 4) is 17.6 Å². The van der Waals surface area contributed by atoms with E-state index >= 15 is 0 Å². The molecule has 0 aliphatic carbocycles. The number of amides is 1. The predicted octanol–water partition coefficient (Wildman–Crippen LogP) is 5.33. The van der Waals surface area contributed by atoms with Gasteiger partial charge in [-0.1, -0.05) is 24.0 Å². The Morgan fingerprint density at radius 3 is 2.60 bits per heavy atom. The van der Waals surface area contributed by atoms with Gasteiger partial charge >= 0.3 is 6.18 Å². The van der Waals surface area contributed by atoms with E-state index in [1.54, 1.807) is 22.9 Å². The molecule has 15 heteroatoms. The van der Waals surface area contributed by atoms with Gasteiger partial charge in [0.15, 0.2) is 0 Å². The summed E-state index contributed by atoms with van der Waals surface area (Å²) in [7, 11) is -4.59. The van der Waals surface area contributed by atoms with Gasteiger partial charge in [0, 0.05) is 38.3 Å². The van der Waals surface area contributed by atoms with E-state index in [0.717, 1.165) is 37.2 Å². The first-order valence-electron chi connectivity index (χ1n) is 12.6. The SMILES string of the molecule is CC(=O)NS(=O)(=O)c1cc(OCF)c(NCC#Cc2sc3c(NC4CCOCC4)cccc3c2CC(F)(F)F)cc1F. The molecule has 4 rings (SSSR count). The number of carbonyl (C=O) groups is 1. The second kappa shape index (κ2) is 13.1. The van der Waals surface area contributed by atoms with Gasteiger partial charge < -0.3 is 20.1 Å². The van der Waals surface area contributed by atoms with Gasteiger partial charge in [0.05, 0.1) is 33.9 Å². The number of alkyl halides is 4. The Morgan fingerprint density at radius 1 is 1.19 bits per heavy atom. The summed E-state index contributed by atoms with van der Waals surface area (Å²) in [6.45, 7) is 0.502. The molecule has 0 unspecified atom stereocenters. The van der Waals surface area contributed by atoms with Crippen molar-refractivity contribution < 1.29 is 44.6 Å². The van der Waals surface area contributed by atoms with Crippen LogP contribution in [0.3, 0.4) is 0 Å². The lowest BCUT2D eigenvalue weighted by atomic mass is 10.1. The van der Waals surface area contributed by atoms with Crippen LogP contribution in [0.4, 0.5) is 33.3 Å². The van der Waals surface area contributed by atoms with Crippen molar-refractivity contribution in [2.24, 2.45) is 0 Å². The maximum absolute atomic E-state index is 14.7. The minimum atomic E-state index is -4.59. The highest BCUT2D eigenvalue weighted by atomic mass is 32.2. The highest BCUT2D eigenvalue weighted by molar-refractivity contribution is 7.90. The zero-order valence-electron chi connectivity index (χ0n) is 22.2. The monoisotopic (exact) mass is 631 g/mol. The van der Waals surface area contributed by atoms with Gasteiger partial charge in [0.1, 0.15) is 16.5 Å². The Kier molecular flexibility index (Phi) is 9.80. The molecule has 3 N–H and O–H groups in total. The van der Waals surface area contributed by atoms with E-state index < -0.39 is 46.1 Å². The third kappa shape index (κ3) is 7.81. The van der Waals surface area contributed by atoms with Gasteiger partial charge in [-0.3, -0.25) is 4.79 Å². The molecular weight excluding hydrogens is 605 g/mol. The van der Waals surface area contributed by atoms with Crippen molar-refractivity contribution in [3.05, 3.63) is 46.6 Å². The quantitative estimate of drug-likeness (QED) is 0.217. The molecule has 0 spiro atoms. The number of hydrogen-bond donors (Lipinski definition) is 3. The summed E-state index contributed by atoms with van der Waals surface area (Å²) in [5.74, 6) is 2.85. The van der Waals surface area contributed by atoms with Gasteiger partial charge in [0.2, 0.25) is 12.8 Å². The Morgan fingerprint density at radius 2 is 1.93 bits per heavy atom. The van der Waals surface area contributed by atoms with Crippen LogP contribution in [0.5, 0.6) is 5.75 Å². The number of fused-ring (bicyclic) bond motifs is 1. The van der Waals surface area contributed by atoms with Crippen LogP contribution in [-0.4, -0.2) is 53.2 Å². The lowest BCUT2D eigenvalue weighted by Gasteiger charge is -2.24. The highest BCUT2D eigenvalue weighted by Crippen LogP contribution is 2.39. The molecule has 2 heterocycles. The van der Waals surface area contributed by atoms with Crippen LogP contribution in [-0.2, 0) is 26.0 Å². The van der Waals surface area contributed by atoms with E-state index in [1.807, 2.05) is 0 Å². The zero-order chi connectivity index (χ0) is 30.5. The second-order valence-corrected chi connectivity index (χ2v) is 11.9. The van der Waals surface area contributed by atoms with Gasteiger partial charge in [-0.2, -0.15) is 13.2 Å². The van der Waals surface area contributed by atoms with Crippen LogP contribution in [0.15, 0.2) is 35.2 Å². The fourth-order valence-corrected chi connectivity index (χ4v) is 6.63. The average Bonchev–Trinajstić information content (AvgIpc) is 3.24. The number of sulfonamides is 1. The zero-order valence-corrected chi connectivity index (χ0v) is 23.8. The molecular formula is C27H26F5N3O5S2. The number of thiophene rings is 1. The Balaban J connectivity index is 1.62. The molecule has 1 amide bonds. The Bertz CT molecular complexity index is 1620. The number of halogens is 5. The van der Waals surface area contributed by atoms with E-state index in [1.165, 1.54) is 0 Å². The van der Waals surface area contributed by atoms with E-state index in [-0.39, 0.29) is 34.5 Å². The summed E-state index contributed by atoms with van der Waals surface area (Å²) in [5.41, 5.74) is 0.582. The molecule has 1 aliphatic heterocycles. The largest absolute Gasteiger partial charge is 0.461 e. The minimum absolute atomic E-state index is 0.0330. The molecule has 1 saturated heterocycles. The lowest BCUT2D eigenvalue weighted by molar-refractivity contribution is -0.127. The first-order chi connectivity index (χ1) is 19.9. The Labute approximate surface area is 242 Å². The van der Waals surface area contributed by atoms with Crippen molar-refractivity contribution >= 4 is 48.7 Å². The van der Waals surface area contributed by atoms with Crippen molar-refractivity contribution in [3.63, 3.8) is 0 Å². The molecule has 0 atom stereocenters. The maximum atomic E-state index is 14.7. The molecule has 42 heavy (non-hydrogen) atoms. The van der Waals surface area contributed by atoms with Crippen molar-refractivity contribution in [2.45, 2.75) is 43.3 Å². The third-order valence-corrected chi connectivity index (χ3v) is 8.80. The molecule has 1 aliphatic rings. The molecule has 3 aromatic rings. The molecule has 8 nitrogen and oxygen atoms in total. The Hall–Kier alpha value is -3.61. The van der Waals surface area contributed by atoms with Gasteiger partial charge in [-0.15, -0.1) is 11.3 Å². The van der Waals surface area contributed by atoms with E-state index in [0.29, 0.717) is 35.1 Å². The molecule has 0 saturated carbocycles. The van der Waals surface area contributed by atoms with Crippen LogP contribution >= 0.6 is 11.3 Å². The fourth-order valence-electron chi connectivity index (χ4n) is 4.39. The average molecular weight is 632 g/mol. The summed E-state index contributed by atoms with van der Waals surface area (Å²) in [4.78, 5) is 10.4.